The van der Waals surface area contributed by atoms with Gasteiger partial charge in [-0.3, -0.25) is 4.79 Å². The van der Waals surface area contributed by atoms with Crippen LogP contribution in [0.1, 0.15) is 11.1 Å². The predicted molar refractivity (Wildman–Crippen MR) is 81.0 cm³/mol. The summed E-state index contributed by atoms with van der Waals surface area (Å²) in [5.41, 5.74) is 2.02. The lowest BCUT2D eigenvalue weighted by Gasteiger charge is -2.18. The van der Waals surface area contributed by atoms with Crippen molar-refractivity contribution in [2.24, 2.45) is 0 Å². The zero-order valence-electron chi connectivity index (χ0n) is 12.8. The minimum atomic E-state index is -4.75. The number of anilines is 1. The second-order valence-electron chi connectivity index (χ2n) is 5.34. The molecule has 0 aliphatic carbocycles. The van der Waals surface area contributed by atoms with Gasteiger partial charge in [-0.2, -0.15) is 0 Å². The highest BCUT2D eigenvalue weighted by Crippen LogP contribution is 2.34. The molecule has 0 aromatic heterocycles. The van der Waals surface area contributed by atoms with E-state index in [1.54, 1.807) is 24.1 Å². The summed E-state index contributed by atoms with van der Waals surface area (Å²) in [6, 6.07) is 11.2. The lowest BCUT2D eigenvalue weighted by atomic mass is 10.1. The van der Waals surface area contributed by atoms with Gasteiger partial charge in [-0.1, -0.05) is 12.1 Å². The number of methoxy groups -OCH3 is 1. The van der Waals surface area contributed by atoms with E-state index in [2.05, 4.69) is 4.74 Å². The third kappa shape index (κ3) is 3.45. The number of hydrogen-bond donors (Lipinski definition) is 0. The van der Waals surface area contributed by atoms with Crippen LogP contribution in [0, 0.1) is 0 Å². The minimum Gasteiger partial charge on any atom is -0.497 e. The first kappa shape index (κ1) is 16.2. The van der Waals surface area contributed by atoms with E-state index in [1.807, 2.05) is 12.1 Å². The number of benzene rings is 2. The molecule has 1 heterocycles. The first-order valence-electron chi connectivity index (χ1n) is 7.18. The Labute approximate surface area is 136 Å². The lowest BCUT2D eigenvalue weighted by Crippen LogP contribution is -2.25. The van der Waals surface area contributed by atoms with Crippen LogP contribution in [0.2, 0.25) is 0 Å². The van der Waals surface area contributed by atoms with Crippen LogP contribution in [0.25, 0.3) is 0 Å². The van der Waals surface area contributed by atoms with Crippen LogP contribution in [0.4, 0.5) is 18.9 Å². The van der Waals surface area contributed by atoms with Crippen LogP contribution < -0.4 is 14.4 Å². The largest absolute Gasteiger partial charge is 0.573 e. The number of nitrogens with zero attached hydrogens (tertiary/aromatic N) is 1. The number of alkyl halides is 3. The summed E-state index contributed by atoms with van der Waals surface area (Å²) in [4.78, 5) is 13.7. The summed E-state index contributed by atoms with van der Waals surface area (Å²) >= 11 is 0. The molecule has 126 valence electrons. The van der Waals surface area contributed by atoms with E-state index in [0.717, 1.165) is 5.56 Å². The molecule has 2 aromatic carbocycles. The number of halogens is 3. The zero-order chi connectivity index (χ0) is 17.3. The maximum absolute atomic E-state index is 12.3. The summed E-state index contributed by atoms with van der Waals surface area (Å²) in [6.45, 7) is 0.343. The normalized spacial score (nSPS) is 13.8. The van der Waals surface area contributed by atoms with Gasteiger partial charge in [-0.25, -0.2) is 0 Å². The second kappa shape index (κ2) is 6.07. The average Bonchev–Trinajstić information content (AvgIpc) is 2.81. The number of amides is 1. The Hall–Kier alpha value is -2.70. The number of hydrogen-bond acceptors (Lipinski definition) is 3. The zero-order valence-corrected chi connectivity index (χ0v) is 12.8. The fourth-order valence-corrected chi connectivity index (χ4v) is 2.64. The van der Waals surface area contributed by atoms with Crippen molar-refractivity contribution in [2.75, 3.05) is 12.0 Å². The van der Waals surface area contributed by atoms with Crippen LogP contribution in [0.15, 0.2) is 42.5 Å². The van der Waals surface area contributed by atoms with E-state index in [9.17, 15) is 18.0 Å². The van der Waals surface area contributed by atoms with Crippen LogP contribution >= 0.6 is 0 Å². The standard InChI is InChI=1S/C17H14F3NO3/c1-23-13-4-2-11(3-5-13)10-21-15-7-6-14(24-17(18,19)20)8-12(15)9-16(21)22/h2-8H,9-10H2,1H3. The lowest BCUT2D eigenvalue weighted by molar-refractivity contribution is -0.274. The molecule has 3 rings (SSSR count). The van der Waals surface area contributed by atoms with Crippen LogP contribution in [-0.4, -0.2) is 19.4 Å². The molecule has 0 saturated heterocycles. The minimum absolute atomic E-state index is 0.0561. The number of carbonyl (C=O) groups is 1. The first-order valence-corrected chi connectivity index (χ1v) is 7.18. The molecule has 0 bridgehead atoms. The van der Waals surface area contributed by atoms with Gasteiger partial charge in [0.05, 0.1) is 20.1 Å². The van der Waals surface area contributed by atoms with Crippen LogP contribution in [-0.2, 0) is 17.8 Å². The van der Waals surface area contributed by atoms with Crippen molar-refractivity contribution in [1.29, 1.82) is 0 Å². The average molecular weight is 337 g/mol. The summed E-state index contributed by atoms with van der Waals surface area (Å²) in [6.07, 6.45) is -4.69. The third-order valence-electron chi connectivity index (χ3n) is 3.72. The first-order chi connectivity index (χ1) is 11.4. The van der Waals surface area contributed by atoms with Crippen molar-refractivity contribution in [3.05, 3.63) is 53.6 Å². The molecule has 0 atom stereocenters. The molecule has 0 radical (unpaired) electrons. The number of rotatable bonds is 4. The van der Waals surface area contributed by atoms with E-state index in [0.29, 0.717) is 23.5 Å². The highest BCUT2D eigenvalue weighted by molar-refractivity contribution is 6.01. The van der Waals surface area contributed by atoms with Gasteiger partial charge in [0.2, 0.25) is 5.91 Å². The Kier molecular flexibility index (Phi) is 4.09. The van der Waals surface area contributed by atoms with Gasteiger partial charge >= 0.3 is 6.36 Å². The van der Waals surface area contributed by atoms with Gasteiger partial charge in [-0.05, 0) is 41.5 Å². The molecule has 0 unspecified atom stereocenters. The fourth-order valence-electron chi connectivity index (χ4n) is 2.64. The molecule has 1 aliphatic rings. The van der Waals surface area contributed by atoms with Gasteiger partial charge in [0, 0.05) is 5.69 Å². The molecule has 7 heteroatoms. The van der Waals surface area contributed by atoms with Crippen molar-refractivity contribution in [2.45, 2.75) is 19.3 Å². The molecule has 1 amide bonds. The van der Waals surface area contributed by atoms with Crippen molar-refractivity contribution in [1.82, 2.24) is 0 Å². The second-order valence-corrected chi connectivity index (χ2v) is 5.34. The van der Waals surface area contributed by atoms with Crippen molar-refractivity contribution >= 4 is 11.6 Å². The topological polar surface area (TPSA) is 38.8 Å². The maximum Gasteiger partial charge on any atom is 0.573 e. The Morgan fingerprint density at radius 2 is 1.75 bits per heavy atom. The van der Waals surface area contributed by atoms with Gasteiger partial charge in [0.1, 0.15) is 11.5 Å². The van der Waals surface area contributed by atoms with Gasteiger partial charge in [0.15, 0.2) is 0 Å². The van der Waals surface area contributed by atoms with Gasteiger partial charge < -0.3 is 14.4 Å². The predicted octanol–water partition coefficient (Wildman–Crippen LogP) is 3.68. The Balaban J connectivity index is 1.81. The Bertz CT molecular complexity index is 757. The maximum atomic E-state index is 12.3. The number of carbonyl (C=O) groups excluding carboxylic acids is 1. The van der Waals surface area contributed by atoms with Crippen molar-refractivity contribution < 1.29 is 27.4 Å². The van der Waals surface area contributed by atoms with Crippen molar-refractivity contribution in [3.8, 4) is 11.5 Å². The smallest absolute Gasteiger partial charge is 0.497 e. The summed E-state index contributed by atoms with van der Waals surface area (Å²) in [5, 5.41) is 0. The molecule has 1 aliphatic heterocycles. The third-order valence-corrected chi connectivity index (χ3v) is 3.72. The SMILES string of the molecule is COc1ccc(CN2C(=O)Cc3cc(OC(F)(F)F)ccc32)cc1. The summed E-state index contributed by atoms with van der Waals surface area (Å²) in [5.74, 6) is 0.228. The molecule has 0 fully saturated rings. The summed E-state index contributed by atoms with van der Waals surface area (Å²) < 4.78 is 45.8. The number of fused-ring (bicyclic) bond motifs is 1. The highest BCUT2D eigenvalue weighted by Gasteiger charge is 2.33. The Morgan fingerprint density at radius 1 is 1.08 bits per heavy atom. The van der Waals surface area contributed by atoms with E-state index in [4.69, 9.17) is 4.74 Å². The fraction of sp³-hybridized carbons (Fsp3) is 0.235. The quantitative estimate of drug-likeness (QED) is 0.854. The van der Waals surface area contributed by atoms with Crippen LogP contribution in [0.3, 0.4) is 0 Å². The van der Waals surface area contributed by atoms with E-state index >= 15 is 0 Å². The molecule has 0 saturated carbocycles. The van der Waals surface area contributed by atoms with E-state index in [-0.39, 0.29) is 18.1 Å². The molecule has 2 aromatic rings. The molecule has 0 spiro atoms. The van der Waals surface area contributed by atoms with E-state index < -0.39 is 6.36 Å². The summed E-state index contributed by atoms with van der Waals surface area (Å²) in [7, 11) is 1.57. The highest BCUT2D eigenvalue weighted by atomic mass is 19.4. The van der Waals surface area contributed by atoms with E-state index in [1.165, 1.54) is 18.2 Å². The van der Waals surface area contributed by atoms with Gasteiger partial charge in [-0.15, -0.1) is 13.2 Å². The molecule has 4 nitrogen and oxygen atoms in total. The molecular weight excluding hydrogens is 323 g/mol. The van der Waals surface area contributed by atoms with Crippen LogP contribution in [0.5, 0.6) is 11.5 Å². The molecular formula is C17H14F3NO3. The van der Waals surface area contributed by atoms with Gasteiger partial charge in [0.25, 0.3) is 0 Å². The molecule has 0 N–H and O–H groups in total. The molecule has 24 heavy (non-hydrogen) atoms. The number of ether oxygens (including phenoxy) is 2. The monoisotopic (exact) mass is 337 g/mol. The van der Waals surface area contributed by atoms with Crippen molar-refractivity contribution in [3.63, 3.8) is 0 Å². The Morgan fingerprint density at radius 3 is 2.38 bits per heavy atom.